The van der Waals surface area contributed by atoms with Gasteiger partial charge >= 0.3 is 5.97 Å². The van der Waals surface area contributed by atoms with Crippen LogP contribution in [0.15, 0.2) is 18.2 Å². The Hall–Kier alpha value is -2.04. The van der Waals surface area contributed by atoms with Crippen LogP contribution in [0.2, 0.25) is 0 Å². The highest BCUT2D eigenvalue weighted by atomic mass is 16.5. The monoisotopic (exact) mass is 261 g/mol. The van der Waals surface area contributed by atoms with Crippen molar-refractivity contribution in [1.82, 2.24) is 10.2 Å². The zero-order valence-electron chi connectivity index (χ0n) is 11.5. The van der Waals surface area contributed by atoms with Crippen LogP contribution in [-0.4, -0.2) is 22.8 Å². The first-order valence-electron chi connectivity index (χ1n) is 6.27. The van der Waals surface area contributed by atoms with Crippen molar-refractivity contribution in [2.24, 2.45) is 5.41 Å². The molecule has 0 aliphatic carbocycles. The van der Waals surface area contributed by atoms with Gasteiger partial charge in [0.25, 0.3) is 0 Å². The molecule has 5 nitrogen and oxygen atoms in total. The van der Waals surface area contributed by atoms with Crippen molar-refractivity contribution in [3.63, 3.8) is 0 Å². The maximum Gasteiger partial charge on any atom is 0.359 e. The molecule has 0 unspecified atom stereocenters. The minimum atomic E-state index is -0.416. The molecule has 0 spiro atoms. The molecule has 0 radical (unpaired) electrons. The lowest BCUT2D eigenvalue weighted by Crippen LogP contribution is -2.13. The molecule has 0 saturated carbocycles. The molecule has 2 aromatic rings. The fourth-order valence-electron chi connectivity index (χ4n) is 1.71. The van der Waals surface area contributed by atoms with Gasteiger partial charge in [0.1, 0.15) is 0 Å². The quantitative estimate of drug-likeness (QED) is 0.657. The van der Waals surface area contributed by atoms with Gasteiger partial charge in [-0.2, -0.15) is 5.10 Å². The molecular weight excluding hydrogens is 242 g/mol. The minimum absolute atomic E-state index is 0.137. The molecule has 102 valence electrons. The molecule has 2 rings (SSSR count). The van der Waals surface area contributed by atoms with Gasteiger partial charge in [-0.1, -0.05) is 20.8 Å². The molecule has 0 saturated heterocycles. The highest BCUT2D eigenvalue weighted by Gasteiger charge is 2.17. The smallest absolute Gasteiger partial charge is 0.359 e. The molecule has 3 N–H and O–H groups in total. The van der Waals surface area contributed by atoms with Crippen molar-refractivity contribution in [2.45, 2.75) is 27.2 Å². The van der Waals surface area contributed by atoms with Gasteiger partial charge in [-0.05, 0) is 30.0 Å². The molecule has 0 bridgehead atoms. The van der Waals surface area contributed by atoms with Crippen LogP contribution in [0.1, 0.15) is 37.7 Å². The summed E-state index contributed by atoms with van der Waals surface area (Å²) in [5.41, 5.74) is 7.51. The molecule has 5 heteroatoms. The Morgan fingerprint density at radius 3 is 2.84 bits per heavy atom. The number of nitrogens with two attached hydrogens (primary N) is 1. The van der Waals surface area contributed by atoms with Gasteiger partial charge in [-0.25, -0.2) is 4.79 Å². The second kappa shape index (κ2) is 4.91. The van der Waals surface area contributed by atoms with Crippen molar-refractivity contribution in [2.75, 3.05) is 12.3 Å². The van der Waals surface area contributed by atoms with Crippen LogP contribution in [0, 0.1) is 5.41 Å². The van der Waals surface area contributed by atoms with Gasteiger partial charge in [0, 0.05) is 11.1 Å². The van der Waals surface area contributed by atoms with Gasteiger partial charge in [-0.3, -0.25) is 5.10 Å². The molecule has 1 aromatic carbocycles. The Labute approximate surface area is 112 Å². The third kappa shape index (κ3) is 3.24. The molecule has 19 heavy (non-hydrogen) atoms. The highest BCUT2D eigenvalue weighted by molar-refractivity contribution is 6.02. The van der Waals surface area contributed by atoms with Gasteiger partial charge < -0.3 is 10.5 Å². The fourth-order valence-corrected chi connectivity index (χ4v) is 1.71. The van der Waals surface area contributed by atoms with E-state index in [0.29, 0.717) is 17.7 Å². The zero-order chi connectivity index (χ0) is 14.0. The molecule has 0 atom stereocenters. The Balaban J connectivity index is 2.11. The van der Waals surface area contributed by atoms with E-state index < -0.39 is 5.97 Å². The van der Waals surface area contributed by atoms with E-state index in [4.69, 9.17) is 10.5 Å². The standard InChI is InChI=1S/C14H19N3O2/c1-14(2,3)6-7-19-13(18)12-10-8-9(15)4-5-11(10)16-17-12/h4-5,8H,6-7,15H2,1-3H3,(H,16,17). The summed E-state index contributed by atoms with van der Waals surface area (Å²) in [6.45, 7) is 6.70. The summed E-state index contributed by atoms with van der Waals surface area (Å²) in [7, 11) is 0. The Bertz CT molecular complexity index is 596. The minimum Gasteiger partial charge on any atom is -0.461 e. The van der Waals surface area contributed by atoms with E-state index in [0.717, 1.165) is 11.9 Å². The first-order valence-corrected chi connectivity index (χ1v) is 6.27. The molecule has 0 fully saturated rings. The summed E-state index contributed by atoms with van der Waals surface area (Å²) in [5, 5.41) is 7.49. The van der Waals surface area contributed by atoms with Crippen molar-refractivity contribution in [1.29, 1.82) is 0 Å². The SMILES string of the molecule is CC(C)(C)CCOC(=O)c1n[nH]c2ccc(N)cc12. The number of rotatable bonds is 3. The van der Waals surface area contributed by atoms with Gasteiger partial charge in [-0.15, -0.1) is 0 Å². The summed E-state index contributed by atoms with van der Waals surface area (Å²) in [4.78, 5) is 12.0. The largest absolute Gasteiger partial charge is 0.461 e. The third-order valence-corrected chi connectivity index (χ3v) is 2.87. The predicted molar refractivity (Wildman–Crippen MR) is 74.9 cm³/mol. The number of esters is 1. The number of carbonyl (C=O) groups is 1. The van der Waals surface area contributed by atoms with Gasteiger partial charge in [0.15, 0.2) is 5.69 Å². The van der Waals surface area contributed by atoms with E-state index in [9.17, 15) is 4.79 Å². The third-order valence-electron chi connectivity index (χ3n) is 2.87. The van der Waals surface area contributed by atoms with Crippen molar-refractivity contribution >= 4 is 22.6 Å². The van der Waals surface area contributed by atoms with Crippen molar-refractivity contribution in [3.05, 3.63) is 23.9 Å². The number of ether oxygens (including phenoxy) is 1. The number of aromatic amines is 1. The van der Waals surface area contributed by atoms with Crippen LogP contribution in [-0.2, 0) is 4.74 Å². The van der Waals surface area contributed by atoms with Crippen LogP contribution in [0.5, 0.6) is 0 Å². The van der Waals surface area contributed by atoms with Crippen LogP contribution in [0.25, 0.3) is 10.9 Å². The van der Waals surface area contributed by atoms with Crippen LogP contribution in [0.4, 0.5) is 5.69 Å². The van der Waals surface area contributed by atoms with E-state index in [-0.39, 0.29) is 11.1 Å². The Morgan fingerprint density at radius 1 is 1.42 bits per heavy atom. The number of hydrogen-bond acceptors (Lipinski definition) is 4. The average Bonchev–Trinajstić information content (AvgIpc) is 2.69. The van der Waals surface area contributed by atoms with E-state index >= 15 is 0 Å². The van der Waals surface area contributed by atoms with E-state index in [1.807, 2.05) is 0 Å². The van der Waals surface area contributed by atoms with Crippen LogP contribution in [0.3, 0.4) is 0 Å². The average molecular weight is 261 g/mol. The predicted octanol–water partition coefficient (Wildman–Crippen LogP) is 2.74. The lowest BCUT2D eigenvalue weighted by molar-refractivity contribution is 0.0460. The van der Waals surface area contributed by atoms with Gasteiger partial charge in [0.2, 0.25) is 0 Å². The summed E-state index contributed by atoms with van der Waals surface area (Å²) in [6.07, 6.45) is 0.809. The first-order chi connectivity index (χ1) is 8.87. The lowest BCUT2D eigenvalue weighted by Gasteiger charge is -2.17. The summed E-state index contributed by atoms with van der Waals surface area (Å²) in [6, 6.07) is 5.28. The van der Waals surface area contributed by atoms with E-state index in [2.05, 4.69) is 31.0 Å². The number of nitrogens with zero attached hydrogens (tertiary/aromatic N) is 1. The van der Waals surface area contributed by atoms with Crippen molar-refractivity contribution < 1.29 is 9.53 Å². The summed E-state index contributed by atoms with van der Waals surface area (Å²) < 4.78 is 5.25. The molecule has 1 heterocycles. The molecule has 0 amide bonds. The summed E-state index contributed by atoms with van der Waals surface area (Å²) >= 11 is 0. The number of benzene rings is 1. The number of H-pyrrole nitrogens is 1. The number of aromatic nitrogens is 2. The van der Waals surface area contributed by atoms with E-state index in [1.165, 1.54) is 0 Å². The number of nitrogens with one attached hydrogen (secondary N) is 1. The highest BCUT2D eigenvalue weighted by Crippen LogP contribution is 2.21. The lowest BCUT2D eigenvalue weighted by atomic mass is 9.93. The topological polar surface area (TPSA) is 81.0 Å². The Kier molecular flexibility index (Phi) is 3.46. The van der Waals surface area contributed by atoms with Crippen LogP contribution < -0.4 is 5.73 Å². The number of carbonyl (C=O) groups excluding carboxylic acids is 1. The number of fused-ring (bicyclic) bond motifs is 1. The molecule has 1 aromatic heterocycles. The molecular formula is C14H19N3O2. The number of hydrogen-bond donors (Lipinski definition) is 2. The molecule has 0 aliphatic heterocycles. The maximum atomic E-state index is 12.0. The maximum absolute atomic E-state index is 12.0. The number of nitrogen functional groups attached to an aromatic ring is 1. The first kappa shape index (κ1) is 13.4. The second-order valence-electron chi connectivity index (χ2n) is 5.82. The van der Waals surface area contributed by atoms with Gasteiger partial charge in [0.05, 0.1) is 12.1 Å². The number of anilines is 1. The van der Waals surface area contributed by atoms with Crippen molar-refractivity contribution in [3.8, 4) is 0 Å². The second-order valence-corrected chi connectivity index (χ2v) is 5.82. The fraction of sp³-hybridized carbons (Fsp3) is 0.429. The zero-order valence-corrected chi connectivity index (χ0v) is 11.5. The Morgan fingerprint density at radius 2 is 2.16 bits per heavy atom. The molecule has 0 aliphatic rings. The normalized spacial score (nSPS) is 11.7. The van der Waals surface area contributed by atoms with E-state index in [1.54, 1.807) is 18.2 Å². The summed E-state index contributed by atoms with van der Waals surface area (Å²) in [5.74, 6) is -0.416. The van der Waals surface area contributed by atoms with Crippen LogP contribution >= 0.6 is 0 Å².